The van der Waals surface area contributed by atoms with E-state index in [0.717, 1.165) is 25.5 Å². The molecule has 0 saturated heterocycles. The number of allylic oxidation sites excluding steroid dienone is 1. The third kappa shape index (κ3) is 2.85. The summed E-state index contributed by atoms with van der Waals surface area (Å²) < 4.78 is 5.28. The van der Waals surface area contributed by atoms with E-state index in [1.165, 1.54) is 11.1 Å². The van der Waals surface area contributed by atoms with Crippen LogP contribution >= 0.6 is 0 Å². The SMILES string of the molecule is CCOC(=O)C(C1CCc2ccccc2C1)C1(C=O)C=CC=N1. The summed E-state index contributed by atoms with van der Waals surface area (Å²) in [5.41, 5.74) is 1.48. The van der Waals surface area contributed by atoms with Crippen LogP contribution in [0.4, 0.5) is 0 Å². The van der Waals surface area contributed by atoms with Crippen LogP contribution < -0.4 is 0 Å². The quantitative estimate of drug-likeness (QED) is 0.620. The fraction of sp³-hybridized carbons (Fsp3) is 0.421. The molecule has 0 spiro atoms. The molecule has 2 aliphatic rings. The average Bonchev–Trinajstić information content (AvgIpc) is 3.05. The van der Waals surface area contributed by atoms with Crippen molar-refractivity contribution in [1.82, 2.24) is 0 Å². The summed E-state index contributed by atoms with van der Waals surface area (Å²) >= 11 is 0. The van der Waals surface area contributed by atoms with Gasteiger partial charge in [-0.25, -0.2) is 0 Å². The molecule has 3 unspecified atom stereocenters. The Balaban J connectivity index is 1.94. The lowest BCUT2D eigenvalue weighted by Gasteiger charge is -2.36. The topological polar surface area (TPSA) is 55.7 Å². The van der Waals surface area contributed by atoms with Crippen molar-refractivity contribution >= 4 is 18.5 Å². The van der Waals surface area contributed by atoms with Crippen LogP contribution in [0, 0.1) is 11.8 Å². The number of aryl methyl sites for hydroxylation is 1. The number of carbonyl (C=O) groups is 2. The number of nitrogens with zero attached hydrogens (tertiary/aromatic N) is 1. The summed E-state index contributed by atoms with van der Waals surface area (Å²) in [6.45, 7) is 2.09. The highest BCUT2D eigenvalue weighted by atomic mass is 16.5. The van der Waals surface area contributed by atoms with Crippen molar-refractivity contribution in [3.05, 3.63) is 47.5 Å². The molecule has 0 aromatic heterocycles. The van der Waals surface area contributed by atoms with Crippen molar-refractivity contribution in [2.75, 3.05) is 6.61 Å². The summed E-state index contributed by atoms with van der Waals surface area (Å²) in [5, 5.41) is 0. The minimum Gasteiger partial charge on any atom is -0.466 e. The van der Waals surface area contributed by atoms with Gasteiger partial charge in [0.25, 0.3) is 0 Å². The van der Waals surface area contributed by atoms with Crippen molar-refractivity contribution in [2.45, 2.75) is 31.7 Å². The lowest BCUT2D eigenvalue weighted by molar-refractivity contribution is -0.153. The molecule has 1 heterocycles. The second-order valence-electron chi connectivity index (χ2n) is 6.14. The van der Waals surface area contributed by atoms with Gasteiger partial charge in [-0.15, -0.1) is 0 Å². The molecule has 0 amide bonds. The van der Waals surface area contributed by atoms with E-state index in [0.29, 0.717) is 6.61 Å². The van der Waals surface area contributed by atoms with Crippen LogP contribution in [0.3, 0.4) is 0 Å². The minimum absolute atomic E-state index is 0.0500. The first-order chi connectivity index (χ1) is 11.2. The molecule has 0 saturated carbocycles. The largest absolute Gasteiger partial charge is 0.466 e. The Morgan fingerprint density at radius 3 is 2.87 bits per heavy atom. The fourth-order valence-electron chi connectivity index (χ4n) is 3.74. The molecule has 3 rings (SSSR count). The van der Waals surface area contributed by atoms with E-state index in [1.807, 2.05) is 12.1 Å². The molecule has 1 aliphatic carbocycles. The number of fused-ring (bicyclic) bond motifs is 1. The lowest BCUT2D eigenvalue weighted by atomic mass is 9.69. The summed E-state index contributed by atoms with van der Waals surface area (Å²) in [6, 6.07) is 8.29. The Kier molecular flexibility index (Phi) is 4.42. The Morgan fingerprint density at radius 2 is 2.22 bits per heavy atom. The third-order valence-electron chi connectivity index (χ3n) is 4.83. The van der Waals surface area contributed by atoms with Crippen molar-refractivity contribution in [3.8, 4) is 0 Å². The zero-order chi connectivity index (χ0) is 16.3. The number of hydrogen-bond acceptors (Lipinski definition) is 4. The van der Waals surface area contributed by atoms with Crippen LogP contribution in [0.15, 0.2) is 41.4 Å². The first-order valence-electron chi connectivity index (χ1n) is 8.13. The second-order valence-corrected chi connectivity index (χ2v) is 6.14. The van der Waals surface area contributed by atoms with Gasteiger partial charge < -0.3 is 9.53 Å². The van der Waals surface area contributed by atoms with E-state index < -0.39 is 11.5 Å². The molecule has 120 valence electrons. The van der Waals surface area contributed by atoms with E-state index in [1.54, 1.807) is 25.3 Å². The zero-order valence-corrected chi connectivity index (χ0v) is 13.3. The molecule has 1 aliphatic heterocycles. The molecule has 0 fully saturated rings. The van der Waals surface area contributed by atoms with Crippen molar-refractivity contribution in [3.63, 3.8) is 0 Å². The standard InChI is InChI=1S/C19H21NO3/c1-2-23-18(22)17(19(13-21)10-5-11-20-19)16-9-8-14-6-3-4-7-15(14)12-16/h3-7,10-11,13,16-17H,2,8-9,12H2,1H3. The van der Waals surface area contributed by atoms with Crippen LogP contribution in [0.5, 0.6) is 0 Å². The van der Waals surface area contributed by atoms with Crippen molar-refractivity contribution in [1.29, 1.82) is 0 Å². The van der Waals surface area contributed by atoms with E-state index in [-0.39, 0.29) is 11.9 Å². The normalized spacial score (nSPS) is 26.6. The summed E-state index contributed by atoms with van der Waals surface area (Å²) in [6.07, 6.45) is 8.39. The Hall–Kier alpha value is -2.23. The molecular weight excluding hydrogens is 290 g/mol. The van der Waals surface area contributed by atoms with Crippen molar-refractivity contribution in [2.24, 2.45) is 16.8 Å². The van der Waals surface area contributed by atoms with Gasteiger partial charge in [0.1, 0.15) is 5.54 Å². The lowest BCUT2D eigenvalue weighted by Crippen LogP contribution is -2.46. The van der Waals surface area contributed by atoms with Gasteiger partial charge in [0, 0.05) is 6.21 Å². The fourth-order valence-corrected chi connectivity index (χ4v) is 3.74. The Labute approximate surface area is 136 Å². The van der Waals surface area contributed by atoms with Crippen LogP contribution in [0.25, 0.3) is 0 Å². The number of aldehydes is 1. The molecule has 0 radical (unpaired) electrons. The minimum atomic E-state index is -1.11. The molecule has 0 bridgehead atoms. The van der Waals surface area contributed by atoms with E-state index in [9.17, 15) is 9.59 Å². The molecule has 1 aromatic rings. The summed E-state index contributed by atoms with van der Waals surface area (Å²) in [7, 11) is 0. The maximum absolute atomic E-state index is 12.6. The first-order valence-corrected chi connectivity index (χ1v) is 8.13. The second kappa shape index (κ2) is 6.49. The highest BCUT2D eigenvalue weighted by Gasteiger charge is 2.48. The zero-order valence-electron chi connectivity index (χ0n) is 13.3. The number of hydrogen-bond donors (Lipinski definition) is 0. The van der Waals surface area contributed by atoms with Gasteiger partial charge in [0.15, 0.2) is 6.29 Å². The number of aliphatic imine (C=N–C) groups is 1. The van der Waals surface area contributed by atoms with Gasteiger partial charge in [0.2, 0.25) is 0 Å². The Bertz CT molecular complexity index is 650. The molecular formula is C19H21NO3. The van der Waals surface area contributed by atoms with Gasteiger partial charge in [-0.05, 0) is 55.4 Å². The summed E-state index contributed by atoms with van der Waals surface area (Å²) in [4.78, 5) is 28.7. The van der Waals surface area contributed by atoms with Crippen LogP contribution in [0.1, 0.15) is 24.5 Å². The molecule has 4 nitrogen and oxygen atoms in total. The summed E-state index contributed by atoms with van der Waals surface area (Å²) in [5.74, 6) is -0.843. The molecule has 0 N–H and O–H groups in total. The van der Waals surface area contributed by atoms with Crippen LogP contribution in [-0.2, 0) is 27.2 Å². The molecule has 3 atom stereocenters. The van der Waals surface area contributed by atoms with Crippen molar-refractivity contribution < 1.29 is 14.3 Å². The average molecular weight is 311 g/mol. The van der Waals surface area contributed by atoms with Crippen LogP contribution in [0.2, 0.25) is 0 Å². The van der Waals surface area contributed by atoms with E-state index in [4.69, 9.17) is 4.74 Å². The first kappa shape index (κ1) is 15.7. The van der Waals surface area contributed by atoms with E-state index in [2.05, 4.69) is 17.1 Å². The monoisotopic (exact) mass is 311 g/mol. The number of esters is 1. The van der Waals surface area contributed by atoms with Gasteiger partial charge >= 0.3 is 5.97 Å². The third-order valence-corrected chi connectivity index (χ3v) is 4.83. The highest BCUT2D eigenvalue weighted by Crippen LogP contribution is 2.39. The number of carbonyl (C=O) groups excluding carboxylic acids is 2. The van der Waals surface area contributed by atoms with Gasteiger partial charge in [0.05, 0.1) is 12.5 Å². The molecule has 23 heavy (non-hydrogen) atoms. The predicted molar refractivity (Wildman–Crippen MR) is 88.5 cm³/mol. The number of ether oxygens (including phenoxy) is 1. The van der Waals surface area contributed by atoms with E-state index >= 15 is 0 Å². The maximum atomic E-state index is 12.6. The van der Waals surface area contributed by atoms with Gasteiger partial charge in [-0.3, -0.25) is 9.79 Å². The van der Waals surface area contributed by atoms with Crippen LogP contribution in [-0.4, -0.2) is 30.6 Å². The predicted octanol–water partition coefficient (Wildman–Crippen LogP) is 2.55. The smallest absolute Gasteiger partial charge is 0.312 e. The number of rotatable bonds is 5. The molecule has 1 aromatic carbocycles. The Morgan fingerprint density at radius 1 is 1.43 bits per heavy atom. The highest BCUT2D eigenvalue weighted by molar-refractivity contribution is 5.90. The van der Waals surface area contributed by atoms with Gasteiger partial charge in [-0.2, -0.15) is 0 Å². The molecule has 4 heteroatoms. The maximum Gasteiger partial charge on any atom is 0.312 e. The van der Waals surface area contributed by atoms with Gasteiger partial charge in [-0.1, -0.05) is 24.3 Å². The number of benzene rings is 1.